The summed E-state index contributed by atoms with van der Waals surface area (Å²) in [5.41, 5.74) is 5.72. The topological polar surface area (TPSA) is 155 Å². The van der Waals surface area contributed by atoms with Crippen LogP contribution in [0.15, 0.2) is 96.2 Å². The molecule has 10 nitrogen and oxygen atoms in total. The maximum atomic E-state index is 12.3. The van der Waals surface area contributed by atoms with Crippen LogP contribution in [0.5, 0.6) is 0 Å². The number of rotatable bonds is 16. The lowest BCUT2D eigenvalue weighted by Crippen LogP contribution is -2.31. The zero-order chi connectivity index (χ0) is 34.6. The van der Waals surface area contributed by atoms with Crippen LogP contribution in [0.4, 0.5) is 0 Å². The number of unbranched alkanes of at least 4 members (excludes halogenated alkanes) is 2. The van der Waals surface area contributed by atoms with Crippen molar-refractivity contribution >= 4 is 29.6 Å². The third-order valence-corrected chi connectivity index (χ3v) is 9.39. The number of aliphatic carboxylic acids is 1. The Balaban J connectivity index is 1.24. The van der Waals surface area contributed by atoms with Crippen molar-refractivity contribution in [1.29, 1.82) is 0 Å². The van der Waals surface area contributed by atoms with E-state index in [0.29, 0.717) is 49.4 Å². The molecule has 1 saturated heterocycles. The Kier molecular flexibility index (Phi) is 12.9. The average molecular weight is 685 g/mol. The first kappa shape index (κ1) is 35.7. The minimum atomic E-state index is -1.03. The maximum absolute atomic E-state index is 12.3. The van der Waals surface area contributed by atoms with Gasteiger partial charge in [0, 0.05) is 43.3 Å². The number of aliphatic hydroxyl groups is 1. The van der Waals surface area contributed by atoms with Gasteiger partial charge in [0.05, 0.1) is 24.4 Å². The molecule has 0 radical (unpaired) electrons. The second kappa shape index (κ2) is 17.7. The molecule has 5 rings (SSSR count). The number of hydrogen-bond acceptors (Lipinski definition) is 8. The number of nitrogens with one attached hydrogen (secondary N) is 1. The first-order chi connectivity index (χ1) is 23.8. The second-order valence-electron chi connectivity index (χ2n) is 11.9. The fourth-order valence-corrected chi connectivity index (χ4v) is 6.59. The summed E-state index contributed by atoms with van der Waals surface area (Å²) in [4.78, 5) is 38.9. The van der Waals surface area contributed by atoms with Crippen molar-refractivity contribution in [1.82, 2.24) is 10.3 Å². The molecule has 4 N–H and O–H groups in total. The van der Waals surface area contributed by atoms with Crippen molar-refractivity contribution in [2.75, 3.05) is 5.75 Å². The van der Waals surface area contributed by atoms with Crippen LogP contribution in [-0.2, 0) is 32.2 Å². The summed E-state index contributed by atoms with van der Waals surface area (Å²) in [6.07, 6.45) is 3.37. The number of thioether (sulfide) groups is 1. The molecule has 0 saturated carbocycles. The van der Waals surface area contributed by atoms with Gasteiger partial charge in [0.15, 0.2) is 6.29 Å². The Hall–Kier alpha value is -4.55. The smallest absolute Gasteiger partial charge is 0.338 e. The molecule has 4 aromatic rings. The van der Waals surface area contributed by atoms with Crippen molar-refractivity contribution in [3.63, 3.8) is 0 Å². The summed E-state index contributed by atoms with van der Waals surface area (Å²) in [5, 5.41) is 31.2. The van der Waals surface area contributed by atoms with E-state index < -0.39 is 18.2 Å². The Morgan fingerprint density at radius 2 is 1.57 bits per heavy atom. The van der Waals surface area contributed by atoms with Gasteiger partial charge in [-0.15, -0.1) is 11.8 Å². The van der Waals surface area contributed by atoms with Crippen molar-refractivity contribution in [2.24, 2.45) is 0 Å². The molecule has 0 spiro atoms. The van der Waals surface area contributed by atoms with Gasteiger partial charge < -0.3 is 30.1 Å². The fraction of sp³-hybridized carbons (Fsp3) is 0.316. The molecule has 1 aromatic heterocycles. The normalized spacial score (nSPS) is 17.4. The highest BCUT2D eigenvalue weighted by Gasteiger charge is 2.32. The molecular weight excluding hydrogens is 644 g/mol. The van der Waals surface area contributed by atoms with Crippen LogP contribution in [-0.4, -0.2) is 50.0 Å². The van der Waals surface area contributed by atoms with Crippen LogP contribution in [0.25, 0.3) is 11.1 Å². The van der Waals surface area contributed by atoms with E-state index in [2.05, 4.69) is 10.3 Å². The average Bonchev–Trinajstić information content (AvgIpc) is 3.13. The van der Waals surface area contributed by atoms with Gasteiger partial charge in [-0.2, -0.15) is 0 Å². The molecular formula is C38H40N2O8S. The summed E-state index contributed by atoms with van der Waals surface area (Å²) in [5.74, 6) is -1.42. The van der Waals surface area contributed by atoms with Crippen LogP contribution >= 0.6 is 11.8 Å². The zero-order valence-electron chi connectivity index (χ0n) is 27.0. The predicted octanol–water partition coefficient (Wildman–Crippen LogP) is 6.93. The number of hydrogen-bond donors (Lipinski definition) is 4. The van der Waals surface area contributed by atoms with Crippen molar-refractivity contribution in [3.05, 3.63) is 119 Å². The third kappa shape index (κ3) is 10.5. The molecule has 2 heterocycles. The zero-order valence-corrected chi connectivity index (χ0v) is 27.8. The van der Waals surface area contributed by atoms with Crippen LogP contribution in [0, 0.1) is 0 Å². The minimum absolute atomic E-state index is 0.0474. The van der Waals surface area contributed by atoms with Crippen molar-refractivity contribution in [2.45, 2.75) is 75.2 Å². The van der Waals surface area contributed by atoms with Crippen molar-refractivity contribution < 1.29 is 39.2 Å². The summed E-state index contributed by atoms with van der Waals surface area (Å²) in [7, 11) is 0. The second-order valence-corrected chi connectivity index (χ2v) is 12.9. The summed E-state index contributed by atoms with van der Waals surface area (Å²) >= 11 is 1.34. The molecule has 3 aromatic carbocycles. The van der Waals surface area contributed by atoms with Gasteiger partial charge in [-0.1, -0.05) is 73.2 Å². The van der Waals surface area contributed by atoms with Crippen LogP contribution in [0.2, 0.25) is 0 Å². The molecule has 1 aliphatic rings. The highest BCUT2D eigenvalue weighted by molar-refractivity contribution is 7.99. The maximum Gasteiger partial charge on any atom is 0.338 e. The Bertz CT molecular complexity index is 1710. The molecule has 0 unspecified atom stereocenters. The third-order valence-electron chi connectivity index (χ3n) is 8.25. The number of ether oxygens (including phenoxy) is 2. The lowest BCUT2D eigenvalue weighted by molar-refractivity contribution is -0.245. The van der Waals surface area contributed by atoms with E-state index in [1.807, 2.05) is 72.8 Å². The number of nitrogens with zero attached hydrogens (tertiary/aromatic N) is 1. The van der Waals surface area contributed by atoms with E-state index in [1.165, 1.54) is 11.8 Å². The van der Waals surface area contributed by atoms with Gasteiger partial charge in [-0.05, 0) is 58.9 Å². The minimum Gasteiger partial charge on any atom is -0.481 e. The number of carbonyl (C=O) groups is 3. The highest BCUT2D eigenvalue weighted by atomic mass is 32.2. The van der Waals surface area contributed by atoms with Crippen LogP contribution in [0.3, 0.4) is 0 Å². The molecule has 0 aliphatic carbocycles. The number of carboxylic acids is 2. The number of benzene rings is 3. The number of aliphatic hydroxyl groups excluding tert-OH is 1. The predicted molar refractivity (Wildman–Crippen MR) is 185 cm³/mol. The molecule has 1 amide bonds. The van der Waals surface area contributed by atoms with Gasteiger partial charge in [-0.25, -0.2) is 9.78 Å². The molecule has 0 bridgehead atoms. The van der Waals surface area contributed by atoms with Crippen LogP contribution < -0.4 is 5.32 Å². The van der Waals surface area contributed by atoms with E-state index in [-0.39, 0.29) is 36.7 Å². The molecule has 3 atom stereocenters. The molecule has 256 valence electrons. The molecule has 1 aliphatic heterocycles. The Morgan fingerprint density at radius 1 is 0.816 bits per heavy atom. The van der Waals surface area contributed by atoms with E-state index in [9.17, 15) is 24.6 Å². The largest absolute Gasteiger partial charge is 0.481 e. The molecule has 49 heavy (non-hydrogen) atoms. The Morgan fingerprint density at radius 3 is 2.31 bits per heavy atom. The van der Waals surface area contributed by atoms with E-state index >= 15 is 0 Å². The summed E-state index contributed by atoms with van der Waals surface area (Å²) in [6, 6.07) is 26.7. The fourth-order valence-electron chi connectivity index (χ4n) is 5.58. The number of aromatic carboxylic acids is 1. The van der Waals surface area contributed by atoms with Gasteiger partial charge >= 0.3 is 11.9 Å². The first-order valence-electron chi connectivity index (χ1n) is 16.3. The van der Waals surface area contributed by atoms with E-state index in [4.69, 9.17) is 14.6 Å². The molecule has 11 heteroatoms. The number of carbonyl (C=O) groups excluding carboxylic acids is 1. The quantitative estimate of drug-likeness (QED) is 0.0721. The summed E-state index contributed by atoms with van der Waals surface area (Å²) < 4.78 is 12.9. The van der Waals surface area contributed by atoms with Gasteiger partial charge in [0.2, 0.25) is 5.91 Å². The molecule has 1 fully saturated rings. The number of aromatic nitrogens is 1. The van der Waals surface area contributed by atoms with E-state index in [0.717, 1.165) is 33.4 Å². The standard InChI is InChI=1S/C38H40N2O8S/c41-23-25-11-13-28(14-12-25)33-21-31(24-49-36-32(37(45)46)8-5-19-39-36)47-38(48-33)29-17-15-27(16-18-29)30-7-4-6-26(20-30)22-40-34(42)9-2-1-3-10-35(43)44/h4-8,11-20,31,33,38,41H,1-3,9-10,21-24H2,(H,40,42)(H,43,44)(H,45,46)/t31-,33+,38+/m1/s1. The number of pyridine rings is 1. The van der Waals surface area contributed by atoms with Crippen LogP contribution in [0.1, 0.15) is 83.5 Å². The SMILES string of the molecule is O=C(O)CCCCCC(=O)NCc1cccc(-c2ccc([C@H]3O[C@@H](CSc4ncccc4C(=O)O)C[C@@H](c4ccc(CO)cc4)O3)cc2)c1. The Labute approximate surface area is 289 Å². The first-order valence-corrected chi connectivity index (χ1v) is 17.3. The highest BCUT2D eigenvalue weighted by Crippen LogP contribution is 2.40. The number of carboxylic acid groups (broad SMARTS) is 2. The van der Waals surface area contributed by atoms with Gasteiger partial charge in [0.25, 0.3) is 0 Å². The van der Waals surface area contributed by atoms with Crippen molar-refractivity contribution in [3.8, 4) is 11.1 Å². The van der Waals surface area contributed by atoms with Gasteiger partial charge in [-0.3, -0.25) is 9.59 Å². The summed E-state index contributed by atoms with van der Waals surface area (Å²) in [6.45, 7) is 0.352. The van der Waals surface area contributed by atoms with E-state index in [1.54, 1.807) is 18.3 Å². The monoisotopic (exact) mass is 684 g/mol. The number of amides is 1. The lowest BCUT2D eigenvalue weighted by atomic mass is 9.99. The lowest BCUT2D eigenvalue weighted by Gasteiger charge is -2.36. The van der Waals surface area contributed by atoms with Gasteiger partial charge in [0.1, 0.15) is 5.03 Å².